The lowest BCUT2D eigenvalue weighted by atomic mass is 10.1. The van der Waals surface area contributed by atoms with Crippen LogP contribution in [0, 0.1) is 0 Å². The van der Waals surface area contributed by atoms with Crippen molar-refractivity contribution in [2.45, 2.75) is 45.4 Å². The van der Waals surface area contributed by atoms with Gasteiger partial charge in [0.05, 0.1) is 13.0 Å². The van der Waals surface area contributed by atoms with Crippen LogP contribution in [-0.4, -0.2) is 35.8 Å². The van der Waals surface area contributed by atoms with Crippen molar-refractivity contribution < 1.29 is 19.1 Å². The van der Waals surface area contributed by atoms with E-state index >= 15 is 0 Å². The summed E-state index contributed by atoms with van der Waals surface area (Å²) in [6.45, 7) is 2.62. The number of rotatable bonds is 9. The molecule has 0 spiro atoms. The van der Waals surface area contributed by atoms with Crippen LogP contribution in [0.25, 0.3) is 6.08 Å². The molecule has 2 rings (SSSR count). The first-order chi connectivity index (χ1) is 12.5. The number of ether oxygens (including phenoxy) is 1. The number of carbonyl (C=O) groups excluding carboxylic acids is 3. The third kappa shape index (κ3) is 5.99. The lowest BCUT2D eigenvalue weighted by Gasteiger charge is -2.13. The first-order valence-corrected chi connectivity index (χ1v) is 9.35. The highest BCUT2D eigenvalue weighted by atomic mass is 35.5. The maximum Gasteiger partial charge on any atom is 0.305 e. The van der Waals surface area contributed by atoms with Gasteiger partial charge in [-0.3, -0.25) is 19.3 Å². The average molecular weight is 378 g/mol. The molecule has 1 aromatic rings. The van der Waals surface area contributed by atoms with E-state index in [1.807, 2.05) is 12.1 Å². The molecule has 2 amide bonds. The van der Waals surface area contributed by atoms with Gasteiger partial charge in [0.1, 0.15) is 0 Å². The van der Waals surface area contributed by atoms with Crippen LogP contribution < -0.4 is 0 Å². The molecular formula is C20H24ClNO4. The summed E-state index contributed by atoms with van der Waals surface area (Å²) in [5, 5.41) is 0.593. The van der Waals surface area contributed by atoms with Gasteiger partial charge in [-0.25, -0.2) is 0 Å². The van der Waals surface area contributed by atoms with Gasteiger partial charge < -0.3 is 4.74 Å². The standard InChI is InChI=1S/C20H24ClNO4/c1-2-26-19(24)10-5-3-4-6-11-22-18(23)14-16(20(22)25)12-15-8-7-9-17(21)13-15/h7-9,12-13H,2-6,10-11,14H2,1H3/b16-12+. The van der Waals surface area contributed by atoms with Crippen LogP contribution in [0.3, 0.4) is 0 Å². The van der Waals surface area contributed by atoms with Crippen LogP contribution in [0.4, 0.5) is 0 Å². The molecule has 0 radical (unpaired) electrons. The number of nitrogens with zero attached hydrogens (tertiary/aromatic N) is 1. The molecule has 1 aliphatic rings. The van der Waals surface area contributed by atoms with Crippen molar-refractivity contribution in [3.8, 4) is 0 Å². The van der Waals surface area contributed by atoms with Gasteiger partial charge in [0.15, 0.2) is 0 Å². The maximum atomic E-state index is 12.4. The van der Waals surface area contributed by atoms with Gasteiger partial charge in [0.2, 0.25) is 5.91 Å². The van der Waals surface area contributed by atoms with E-state index in [2.05, 4.69) is 0 Å². The van der Waals surface area contributed by atoms with E-state index in [4.69, 9.17) is 16.3 Å². The molecule has 0 unspecified atom stereocenters. The van der Waals surface area contributed by atoms with E-state index in [0.717, 1.165) is 31.2 Å². The van der Waals surface area contributed by atoms with E-state index in [0.29, 0.717) is 30.2 Å². The highest BCUT2D eigenvalue weighted by Crippen LogP contribution is 2.23. The van der Waals surface area contributed by atoms with E-state index in [-0.39, 0.29) is 24.2 Å². The van der Waals surface area contributed by atoms with E-state index < -0.39 is 0 Å². The smallest absolute Gasteiger partial charge is 0.305 e. The van der Waals surface area contributed by atoms with Gasteiger partial charge in [-0.15, -0.1) is 0 Å². The monoisotopic (exact) mass is 377 g/mol. The molecule has 1 aromatic carbocycles. The Morgan fingerprint density at radius 3 is 2.73 bits per heavy atom. The number of hydrogen-bond acceptors (Lipinski definition) is 4. The van der Waals surface area contributed by atoms with Crippen LogP contribution in [0.2, 0.25) is 5.02 Å². The number of benzene rings is 1. The predicted octanol–water partition coefficient (Wildman–Crippen LogP) is 4.00. The van der Waals surface area contributed by atoms with Gasteiger partial charge in [-0.2, -0.15) is 0 Å². The Kier molecular flexibility index (Phi) is 7.85. The number of likely N-dealkylation sites (tertiary alicyclic amines) is 1. The molecule has 1 heterocycles. The summed E-state index contributed by atoms with van der Waals surface area (Å²) in [6, 6.07) is 7.19. The zero-order valence-corrected chi connectivity index (χ0v) is 15.8. The zero-order chi connectivity index (χ0) is 18.9. The Hall–Kier alpha value is -2.14. The SMILES string of the molecule is CCOC(=O)CCCCCCN1C(=O)C/C(=C\c2cccc(Cl)c2)C1=O. The normalized spacial score (nSPS) is 15.8. The van der Waals surface area contributed by atoms with Crippen LogP contribution in [-0.2, 0) is 19.1 Å². The third-order valence-electron chi connectivity index (χ3n) is 4.17. The summed E-state index contributed by atoms with van der Waals surface area (Å²) in [6.07, 6.45) is 5.52. The van der Waals surface area contributed by atoms with Crippen LogP contribution in [0.15, 0.2) is 29.8 Å². The second-order valence-corrected chi connectivity index (χ2v) is 6.66. The first kappa shape index (κ1) is 20.2. The molecule has 140 valence electrons. The van der Waals surface area contributed by atoms with Crippen molar-refractivity contribution in [2.75, 3.05) is 13.2 Å². The van der Waals surface area contributed by atoms with Gasteiger partial charge >= 0.3 is 5.97 Å². The molecule has 5 nitrogen and oxygen atoms in total. The van der Waals surface area contributed by atoms with Gasteiger partial charge in [-0.05, 0) is 43.5 Å². The van der Waals surface area contributed by atoms with E-state index in [1.54, 1.807) is 25.1 Å². The van der Waals surface area contributed by atoms with Gasteiger partial charge in [0.25, 0.3) is 5.91 Å². The fourth-order valence-electron chi connectivity index (χ4n) is 2.88. The Bertz CT molecular complexity index is 699. The molecular weight excluding hydrogens is 354 g/mol. The van der Waals surface area contributed by atoms with Crippen LogP contribution in [0.5, 0.6) is 0 Å². The van der Waals surface area contributed by atoms with Gasteiger partial charge in [0, 0.05) is 23.6 Å². The molecule has 0 aromatic heterocycles. The maximum absolute atomic E-state index is 12.4. The Morgan fingerprint density at radius 1 is 1.23 bits per heavy atom. The molecule has 1 fully saturated rings. The summed E-state index contributed by atoms with van der Waals surface area (Å²) < 4.78 is 4.87. The van der Waals surface area contributed by atoms with Crippen molar-refractivity contribution in [3.05, 3.63) is 40.4 Å². The third-order valence-corrected chi connectivity index (χ3v) is 4.41. The second kappa shape index (κ2) is 10.1. The Balaban J connectivity index is 1.77. The highest BCUT2D eigenvalue weighted by molar-refractivity contribution is 6.30. The van der Waals surface area contributed by atoms with Crippen molar-refractivity contribution in [1.82, 2.24) is 4.90 Å². The van der Waals surface area contributed by atoms with E-state index in [9.17, 15) is 14.4 Å². The van der Waals surface area contributed by atoms with Crippen LogP contribution >= 0.6 is 11.6 Å². The van der Waals surface area contributed by atoms with Crippen molar-refractivity contribution in [3.63, 3.8) is 0 Å². The number of carbonyl (C=O) groups is 3. The molecule has 1 aliphatic heterocycles. The topological polar surface area (TPSA) is 63.7 Å². The largest absolute Gasteiger partial charge is 0.466 e. The second-order valence-electron chi connectivity index (χ2n) is 6.22. The summed E-state index contributed by atoms with van der Waals surface area (Å²) >= 11 is 5.95. The number of unbranched alkanes of at least 4 members (excludes halogenated alkanes) is 3. The summed E-state index contributed by atoms with van der Waals surface area (Å²) in [4.78, 5) is 37.1. The van der Waals surface area contributed by atoms with Crippen molar-refractivity contribution in [2.24, 2.45) is 0 Å². The number of imide groups is 1. The molecule has 6 heteroatoms. The minimum absolute atomic E-state index is 0.133. The van der Waals surface area contributed by atoms with Crippen molar-refractivity contribution in [1.29, 1.82) is 0 Å². The molecule has 0 saturated carbocycles. The van der Waals surface area contributed by atoms with E-state index in [1.165, 1.54) is 4.90 Å². The molecule has 0 bridgehead atoms. The number of amides is 2. The number of esters is 1. The molecule has 0 atom stereocenters. The molecule has 0 N–H and O–H groups in total. The average Bonchev–Trinajstić information content (AvgIpc) is 2.85. The summed E-state index contributed by atoms with van der Waals surface area (Å²) in [5.41, 5.74) is 1.31. The highest BCUT2D eigenvalue weighted by Gasteiger charge is 2.33. The zero-order valence-electron chi connectivity index (χ0n) is 15.0. The number of halogens is 1. The first-order valence-electron chi connectivity index (χ1n) is 8.97. The number of hydrogen-bond donors (Lipinski definition) is 0. The fraction of sp³-hybridized carbons (Fsp3) is 0.450. The summed E-state index contributed by atoms with van der Waals surface area (Å²) in [5.74, 6) is -0.551. The Morgan fingerprint density at radius 2 is 2.00 bits per heavy atom. The summed E-state index contributed by atoms with van der Waals surface area (Å²) in [7, 11) is 0. The quantitative estimate of drug-likeness (QED) is 0.282. The minimum atomic E-state index is -0.221. The minimum Gasteiger partial charge on any atom is -0.466 e. The predicted molar refractivity (Wildman–Crippen MR) is 100 cm³/mol. The lowest BCUT2D eigenvalue weighted by Crippen LogP contribution is -2.30. The van der Waals surface area contributed by atoms with Gasteiger partial charge in [-0.1, -0.05) is 36.6 Å². The van der Waals surface area contributed by atoms with Crippen LogP contribution in [0.1, 0.15) is 51.0 Å². The van der Waals surface area contributed by atoms with Crippen molar-refractivity contribution >= 4 is 35.5 Å². The fourth-order valence-corrected chi connectivity index (χ4v) is 3.08. The molecule has 26 heavy (non-hydrogen) atoms. The molecule has 1 saturated heterocycles. The Labute approximate surface area is 159 Å². The lowest BCUT2D eigenvalue weighted by molar-refractivity contribution is -0.143. The molecule has 0 aliphatic carbocycles.